The van der Waals surface area contributed by atoms with Gasteiger partial charge >= 0.3 is 0 Å². The van der Waals surface area contributed by atoms with Gasteiger partial charge in [-0.05, 0) is 44.2 Å². The summed E-state index contributed by atoms with van der Waals surface area (Å²) in [7, 11) is 0. The van der Waals surface area contributed by atoms with Gasteiger partial charge in [-0.2, -0.15) is 0 Å². The third-order valence-corrected chi connectivity index (χ3v) is 4.68. The van der Waals surface area contributed by atoms with Gasteiger partial charge in [-0.25, -0.2) is 0 Å². The molecule has 4 nitrogen and oxygen atoms in total. The van der Waals surface area contributed by atoms with Crippen LogP contribution in [0.1, 0.15) is 34.6 Å². The van der Waals surface area contributed by atoms with Gasteiger partial charge in [0.25, 0.3) is 0 Å². The zero-order valence-electron chi connectivity index (χ0n) is 12.6. The summed E-state index contributed by atoms with van der Waals surface area (Å²) in [4.78, 5) is 16.3. The maximum absolute atomic E-state index is 11.2. The standard InChI is InChI=1S/C16H25N3O/c1-13-9-14(2)19(16(13)11-20)12-18-7-5-17(6-8-18)10-15-3-4-15/h9,11,15H,3-8,10,12H2,1-2H3. The van der Waals surface area contributed by atoms with Crippen molar-refractivity contribution in [3.8, 4) is 0 Å². The Morgan fingerprint density at radius 1 is 1.15 bits per heavy atom. The molecule has 0 unspecified atom stereocenters. The van der Waals surface area contributed by atoms with Crippen molar-refractivity contribution in [2.24, 2.45) is 5.92 Å². The molecular formula is C16H25N3O. The van der Waals surface area contributed by atoms with Crippen molar-refractivity contribution < 1.29 is 4.79 Å². The van der Waals surface area contributed by atoms with E-state index < -0.39 is 0 Å². The van der Waals surface area contributed by atoms with Gasteiger partial charge in [0.15, 0.2) is 6.29 Å². The van der Waals surface area contributed by atoms with Crippen LogP contribution in [0.4, 0.5) is 0 Å². The van der Waals surface area contributed by atoms with Crippen LogP contribution in [0, 0.1) is 19.8 Å². The van der Waals surface area contributed by atoms with Gasteiger partial charge in [-0.3, -0.25) is 9.69 Å². The van der Waals surface area contributed by atoms with Gasteiger partial charge in [0.2, 0.25) is 0 Å². The zero-order chi connectivity index (χ0) is 14.1. The summed E-state index contributed by atoms with van der Waals surface area (Å²) >= 11 is 0. The minimum Gasteiger partial charge on any atom is -0.329 e. The second-order valence-electron chi connectivity index (χ2n) is 6.40. The van der Waals surface area contributed by atoms with E-state index >= 15 is 0 Å². The maximum atomic E-state index is 11.2. The first-order valence-electron chi connectivity index (χ1n) is 7.74. The number of carbonyl (C=O) groups excluding carboxylic acids is 1. The fourth-order valence-electron chi connectivity index (χ4n) is 3.19. The molecule has 2 fully saturated rings. The molecule has 0 atom stereocenters. The fraction of sp³-hybridized carbons (Fsp3) is 0.688. The first-order chi connectivity index (χ1) is 9.67. The van der Waals surface area contributed by atoms with E-state index in [1.807, 2.05) is 6.92 Å². The van der Waals surface area contributed by atoms with Crippen LogP contribution in [-0.4, -0.2) is 53.4 Å². The van der Waals surface area contributed by atoms with E-state index in [2.05, 4.69) is 27.4 Å². The van der Waals surface area contributed by atoms with Crippen LogP contribution < -0.4 is 0 Å². The van der Waals surface area contributed by atoms with Crippen molar-refractivity contribution in [1.29, 1.82) is 0 Å². The molecule has 4 heteroatoms. The predicted molar refractivity (Wildman–Crippen MR) is 80.0 cm³/mol. The van der Waals surface area contributed by atoms with Gasteiger partial charge in [-0.1, -0.05) is 0 Å². The van der Waals surface area contributed by atoms with Crippen LogP contribution >= 0.6 is 0 Å². The van der Waals surface area contributed by atoms with E-state index in [1.165, 1.54) is 38.2 Å². The lowest BCUT2D eigenvalue weighted by Crippen LogP contribution is -2.47. The third-order valence-electron chi connectivity index (χ3n) is 4.68. The Bertz CT molecular complexity index is 482. The molecule has 1 aliphatic heterocycles. The lowest BCUT2D eigenvalue weighted by molar-refractivity contribution is 0.0997. The summed E-state index contributed by atoms with van der Waals surface area (Å²) in [5.74, 6) is 0.984. The highest BCUT2D eigenvalue weighted by molar-refractivity contribution is 5.75. The molecule has 1 saturated heterocycles. The van der Waals surface area contributed by atoms with Crippen LogP contribution in [-0.2, 0) is 6.67 Å². The summed E-state index contributed by atoms with van der Waals surface area (Å²) in [6.07, 6.45) is 3.86. The van der Waals surface area contributed by atoms with E-state index in [0.29, 0.717) is 0 Å². The number of aryl methyl sites for hydroxylation is 2. The van der Waals surface area contributed by atoms with E-state index in [4.69, 9.17) is 0 Å². The molecular weight excluding hydrogens is 250 g/mol. The molecule has 1 aromatic rings. The highest BCUT2D eigenvalue weighted by Crippen LogP contribution is 2.30. The first kappa shape index (κ1) is 13.8. The molecule has 0 bridgehead atoms. The Kier molecular flexibility index (Phi) is 3.94. The van der Waals surface area contributed by atoms with E-state index in [0.717, 1.165) is 43.2 Å². The molecule has 0 amide bonds. The number of piperazine rings is 1. The van der Waals surface area contributed by atoms with Gasteiger partial charge in [0, 0.05) is 38.4 Å². The van der Waals surface area contributed by atoms with Gasteiger partial charge in [0.1, 0.15) is 0 Å². The minimum absolute atomic E-state index is 0.836. The Labute approximate surface area is 121 Å². The van der Waals surface area contributed by atoms with Crippen LogP contribution in [0.15, 0.2) is 6.07 Å². The van der Waals surface area contributed by atoms with Gasteiger partial charge < -0.3 is 9.47 Å². The Balaban J connectivity index is 1.57. The SMILES string of the molecule is Cc1cc(C)n(CN2CCN(CC3CC3)CC2)c1C=O. The van der Waals surface area contributed by atoms with Crippen molar-refractivity contribution in [3.05, 3.63) is 23.0 Å². The summed E-state index contributed by atoms with van der Waals surface area (Å²) in [5, 5.41) is 0. The van der Waals surface area contributed by atoms with Crippen molar-refractivity contribution in [2.75, 3.05) is 32.7 Å². The summed E-state index contributed by atoms with van der Waals surface area (Å²) in [6, 6.07) is 2.10. The molecule has 2 heterocycles. The lowest BCUT2D eigenvalue weighted by Gasteiger charge is -2.35. The predicted octanol–water partition coefficient (Wildman–Crippen LogP) is 1.90. The molecule has 20 heavy (non-hydrogen) atoms. The topological polar surface area (TPSA) is 28.5 Å². The van der Waals surface area contributed by atoms with Gasteiger partial charge in [-0.15, -0.1) is 0 Å². The van der Waals surface area contributed by atoms with Crippen LogP contribution in [0.25, 0.3) is 0 Å². The molecule has 3 rings (SSSR count). The van der Waals surface area contributed by atoms with Crippen LogP contribution in [0.2, 0.25) is 0 Å². The average molecular weight is 275 g/mol. The number of hydrogen-bond acceptors (Lipinski definition) is 3. The average Bonchev–Trinajstić information content (AvgIpc) is 3.19. The fourth-order valence-corrected chi connectivity index (χ4v) is 3.19. The van der Waals surface area contributed by atoms with Crippen LogP contribution in [0.5, 0.6) is 0 Å². The second-order valence-corrected chi connectivity index (χ2v) is 6.40. The zero-order valence-corrected chi connectivity index (χ0v) is 12.6. The number of nitrogens with zero attached hydrogens (tertiary/aromatic N) is 3. The Morgan fingerprint density at radius 3 is 2.40 bits per heavy atom. The molecule has 1 aromatic heterocycles. The van der Waals surface area contributed by atoms with Crippen molar-refractivity contribution in [3.63, 3.8) is 0 Å². The Hall–Kier alpha value is -1.13. The third kappa shape index (κ3) is 2.96. The Morgan fingerprint density at radius 2 is 1.80 bits per heavy atom. The summed E-state index contributed by atoms with van der Waals surface area (Å²) in [5.41, 5.74) is 3.11. The van der Waals surface area contributed by atoms with E-state index in [9.17, 15) is 4.79 Å². The number of aromatic nitrogens is 1. The smallest absolute Gasteiger partial charge is 0.166 e. The highest BCUT2D eigenvalue weighted by atomic mass is 16.1. The molecule has 2 aliphatic rings. The number of hydrogen-bond donors (Lipinski definition) is 0. The molecule has 1 saturated carbocycles. The van der Waals surface area contributed by atoms with E-state index in [1.54, 1.807) is 0 Å². The number of rotatable bonds is 5. The summed E-state index contributed by atoms with van der Waals surface area (Å²) in [6.45, 7) is 10.8. The minimum atomic E-state index is 0.836. The first-order valence-corrected chi connectivity index (χ1v) is 7.74. The monoisotopic (exact) mass is 275 g/mol. The molecule has 0 N–H and O–H groups in total. The summed E-state index contributed by atoms with van der Waals surface area (Å²) < 4.78 is 2.15. The maximum Gasteiger partial charge on any atom is 0.166 e. The van der Waals surface area contributed by atoms with Crippen LogP contribution in [0.3, 0.4) is 0 Å². The lowest BCUT2D eigenvalue weighted by atomic mass is 10.3. The normalized spacial score (nSPS) is 21.3. The largest absolute Gasteiger partial charge is 0.329 e. The van der Waals surface area contributed by atoms with Crippen molar-refractivity contribution >= 4 is 6.29 Å². The highest BCUT2D eigenvalue weighted by Gasteiger charge is 2.26. The van der Waals surface area contributed by atoms with Crippen molar-refractivity contribution in [1.82, 2.24) is 14.4 Å². The number of carbonyl (C=O) groups is 1. The van der Waals surface area contributed by atoms with Gasteiger partial charge in [0.05, 0.1) is 12.4 Å². The van der Waals surface area contributed by atoms with Crippen molar-refractivity contribution in [2.45, 2.75) is 33.4 Å². The molecule has 1 aliphatic carbocycles. The number of aldehydes is 1. The molecule has 0 radical (unpaired) electrons. The quantitative estimate of drug-likeness (QED) is 0.769. The molecule has 110 valence electrons. The molecule has 0 aromatic carbocycles. The second kappa shape index (κ2) is 5.70. The molecule has 0 spiro atoms. The van der Waals surface area contributed by atoms with E-state index in [-0.39, 0.29) is 0 Å².